The summed E-state index contributed by atoms with van der Waals surface area (Å²) in [5.41, 5.74) is 0.595. The van der Waals surface area contributed by atoms with Gasteiger partial charge in [-0.25, -0.2) is 13.2 Å². The van der Waals surface area contributed by atoms with Crippen molar-refractivity contribution < 1.29 is 22.8 Å². The van der Waals surface area contributed by atoms with Crippen LogP contribution in [0, 0.1) is 23.4 Å². The van der Waals surface area contributed by atoms with Crippen molar-refractivity contribution in [3.05, 3.63) is 59.4 Å². The molecule has 1 saturated heterocycles. The van der Waals surface area contributed by atoms with Gasteiger partial charge in [-0.05, 0) is 36.1 Å². The predicted molar refractivity (Wildman–Crippen MR) is 92.4 cm³/mol. The molecular formula is C18H15F3N2O2S. The molecule has 2 aromatic rings. The van der Waals surface area contributed by atoms with Gasteiger partial charge in [-0.2, -0.15) is 0 Å². The summed E-state index contributed by atoms with van der Waals surface area (Å²) in [5, 5.41) is 5.22. The first kappa shape index (κ1) is 18.3. The number of carbonyl (C=O) groups excluding carboxylic acids is 2. The maximum Gasteiger partial charge on any atom is 0.237 e. The maximum absolute atomic E-state index is 13.5. The number of halogens is 3. The Morgan fingerprint density at radius 2 is 1.85 bits per heavy atom. The van der Waals surface area contributed by atoms with Crippen LogP contribution in [0.2, 0.25) is 0 Å². The van der Waals surface area contributed by atoms with Gasteiger partial charge < -0.3 is 10.6 Å². The fourth-order valence-electron chi connectivity index (χ4n) is 2.98. The third kappa shape index (κ3) is 3.41. The van der Waals surface area contributed by atoms with E-state index in [-0.39, 0.29) is 12.1 Å². The predicted octanol–water partition coefficient (Wildman–Crippen LogP) is 3.29. The van der Waals surface area contributed by atoms with Crippen LogP contribution in [0.3, 0.4) is 0 Å². The molecule has 136 valence electrons. The van der Waals surface area contributed by atoms with Gasteiger partial charge in [-0.3, -0.25) is 9.59 Å². The molecule has 0 aliphatic carbocycles. The van der Waals surface area contributed by atoms with E-state index in [0.717, 1.165) is 17.0 Å². The van der Waals surface area contributed by atoms with Gasteiger partial charge in [0.15, 0.2) is 17.5 Å². The highest BCUT2D eigenvalue weighted by Gasteiger charge is 2.41. The molecule has 0 aromatic heterocycles. The molecule has 2 atom stereocenters. The second-order valence-corrected chi connectivity index (χ2v) is 6.67. The monoisotopic (exact) mass is 380 g/mol. The third-order valence-corrected chi connectivity index (χ3v) is 5.06. The second kappa shape index (κ2) is 7.41. The summed E-state index contributed by atoms with van der Waals surface area (Å²) < 4.78 is 40.3. The van der Waals surface area contributed by atoms with Crippen LogP contribution in [0.4, 0.5) is 18.9 Å². The standard InChI is InChI=1S/C18H15F3N2O2S/c1-26-14-5-3-2-4-13(14)23-18(25)15-10(8-22-17(15)24)9-6-11(19)16(21)12(20)7-9/h2-7,10,15H,8H2,1H3,(H,22,24)(H,23,25)/t10-,15-/m1/s1. The van der Waals surface area contributed by atoms with Crippen LogP contribution in [0.5, 0.6) is 0 Å². The number of benzene rings is 2. The number of carbonyl (C=O) groups is 2. The van der Waals surface area contributed by atoms with Crippen LogP contribution in [-0.2, 0) is 9.59 Å². The highest BCUT2D eigenvalue weighted by Crippen LogP contribution is 2.33. The van der Waals surface area contributed by atoms with Crippen LogP contribution in [0.25, 0.3) is 0 Å². The second-order valence-electron chi connectivity index (χ2n) is 5.82. The fraction of sp³-hybridized carbons (Fsp3) is 0.222. The van der Waals surface area contributed by atoms with Crippen LogP contribution in [-0.4, -0.2) is 24.6 Å². The number of para-hydroxylation sites is 1. The molecule has 1 aliphatic rings. The quantitative estimate of drug-likeness (QED) is 0.486. The minimum atomic E-state index is -1.58. The van der Waals surface area contributed by atoms with E-state index in [1.54, 1.807) is 12.1 Å². The first-order valence-corrected chi connectivity index (χ1v) is 9.01. The molecular weight excluding hydrogens is 365 g/mol. The van der Waals surface area contributed by atoms with Gasteiger partial charge in [0, 0.05) is 17.4 Å². The summed E-state index contributed by atoms with van der Waals surface area (Å²) in [6, 6.07) is 8.71. The average molecular weight is 380 g/mol. The normalized spacial score (nSPS) is 19.3. The van der Waals surface area contributed by atoms with E-state index >= 15 is 0 Å². The highest BCUT2D eigenvalue weighted by atomic mass is 32.2. The fourth-order valence-corrected chi connectivity index (χ4v) is 3.53. The van der Waals surface area contributed by atoms with E-state index in [4.69, 9.17) is 0 Å². The lowest BCUT2D eigenvalue weighted by Crippen LogP contribution is -2.32. The lowest BCUT2D eigenvalue weighted by atomic mass is 9.87. The van der Waals surface area contributed by atoms with Gasteiger partial charge in [0.2, 0.25) is 11.8 Å². The van der Waals surface area contributed by atoms with Crippen molar-refractivity contribution in [3.63, 3.8) is 0 Å². The summed E-state index contributed by atoms with van der Waals surface area (Å²) in [6.45, 7) is 0.0333. The first-order chi connectivity index (χ1) is 12.4. The highest BCUT2D eigenvalue weighted by molar-refractivity contribution is 7.98. The average Bonchev–Trinajstić information content (AvgIpc) is 3.01. The van der Waals surface area contributed by atoms with Crippen molar-refractivity contribution in [1.29, 1.82) is 0 Å². The van der Waals surface area contributed by atoms with Gasteiger partial charge >= 0.3 is 0 Å². The Kier molecular flexibility index (Phi) is 5.22. The number of thioether (sulfide) groups is 1. The lowest BCUT2D eigenvalue weighted by Gasteiger charge is -2.18. The summed E-state index contributed by atoms with van der Waals surface area (Å²) in [7, 11) is 0. The van der Waals surface area contributed by atoms with Crippen LogP contribution < -0.4 is 10.6 Å². The third-order valence-electron chi connectivity index (χ3n) is 4.26. The van der Waals surface area contributed by atoms with Crippen LogP contribution >= 0.6 is 11.8 Å². The topological polar surface area (TPSA) is 58.2 Å². The van der Waals surface area contributed by atoms with Gasteiger partial charge in [0.05, 0.1) is 5.69 Å². The zero-order valence-electron chi connectivity index (χ0n) is 13.7. The van der Waals surface area contributed by atoms with Gasteiger partial charge in [0.1, 0.15) is 5.92 Å². The van der Waals surface area contributed by atoms with Crippen molar-refractivity contribution in [2.45, 2.75) is 10.8 Å². The Balaban J connectivity index is 1.89. The Hall–Kier alpha value is -2.48. The summed E-state index contributed by atoms with van der Waals surface area (Å²) in [4.78, 5) is 25.6. The van der Waals surface area contributed by atoms with Crippen molar-refractivity contribution >= 4 is 29.3 Å². The van der Waals surface area contributed by atoms with Crippen LogP contribution in [0.1, 0.15) is 11.5 Å². The molecule has 2 amide bonds. The molecule has 8 heteroatoms. The van der Waals surface area contributed by atoms with E-state index < -0.39 is 41.1 Å². The summed E-state index contributed by atoms with van der Waals surface area (Å²) >= 11 is 1.43. The summed E-state index contributed by atoms with van der Waals surface area (Å²) in [5.74, 6) is -7.39. The van der Waals surface area contributed by atoms with Crippen LogP contribution in [0.15, 0.2) is 41.3 Å². The lowest BCUT2D eigenvalue weighted by molar-refractivity contribution is -0.130. The number of anilines is 1. The van der Waals surface area contributed by atoms with E-state index in [1.807, 2.05) is 18.4 Å². The molecule has 4 nitrogen and oxygen atoms in total. The molecule has 0 unspecified atom stereocenters. The van der Waals surface area contributed by atoms with Crippen molar-refractivity contribution in [1.82, 2.24) is 5.32 Å². The Labute approximate surface area is 152 Å². The minimum absolute atomic E-state index is 0.0333. The molecule has 1 heterocycles. The van der Waals surface area contributed by atoms with E-state index in [1.165, 1.54) is 11.8 Å². The van der Waals surface area contributed by atoms with E-state index in [9.17, 15) is 22.8 Å². The molecule has 0 saturated carbocycles. The van der Waals surface area contributed by atoms with Gasteiger partial charge in [-0.1, -0.05) is 12.1 Å². The molecule has 1 aliphatic heterocycles. The van der Waals surface area contributed by atoms with Crippen molar-refractivity contribution in [3.8, 4) is 0 Å². The molecule has 0 radical (unpaired) electrons. The number of amides is 2. The summed E-state index contributed by atoms with van der Waals surface area (Å²) in [6.07, 6.45) is 1.85. The minimum Gasteiger partial charge on any atom is -0.355 e. The Morgan fingerprint density at radius 1 is 1.19 bits per heavy atom. The van der Waals surface area contributed by atoms with Crippen molar-refractivity contribution in [2.75, 3.05) is 18.1 Å². The number of hydrogen-bond acceptors (Lipinski definition) is 3. The maximum atomic E-state index is 13.5. The number of rotatable bonds is 4. The number of nitrogens with one attached hydrogen (secondary N) is 2. The molecule has 0 bridgehead atoms. The zero-order chi connectivity index (χ0) is 18.8. The van der Waals surface area contributed by atoms with Crippen molar-refractivity contribution in [2.24, 2.45) is 5.92 Å². The van der Waals surface area contributed by atoms with Gasteiger partial charge in [0.25, 0.3) is 0 Å². The molecule has 0 spiro atoms. The number of hydrogen-bond donors (Lipinski definition) is 2. The first-order valence-electron chi connectivity index (χ1n) is 7.78. The zero-order valence-corrected chi connectivity index (χ0v) is 14.5. The molecule has 2 aromatic carbocycles. The Bertz CT molecular complexity index is 852. The van der Waals surface area contributed by atoms with Gasteiger partial charge in [-0.15, -0.1) is 11.8 Å². The molecule has 1 fully saturated rings. The Morgan fingerprint density at radius 3 is 2.50 bits per heavy atom. The SMILES string of the molecule is CSc1ccccc1NC(=O)[C@H]1C(=O)NC[C@@H]1c1cc(F)c(F)c(F)c1. The molecule has 26 heavy (non-hydrogen) atoms. The van der Waals surface area contributed by atoms with E-state index in [2.05, 4.69) is 10.6 Å². The van der Waals surface area contributed by atoms with E-state index in [0.29, 0.717) is 5.69 Å². The largest absolute Gasteiger partial charge is 0.355 e. The molecule has 3 rings (SSSR count). The smallest absolute Gasteiger partial charge is 0.237 e. The molecule has 2 N–H and O–H groups in total.